The summed E-state index contributed by atoms with van der Waals surface area (Å²) in [5.41, 5.74) is 5.48. The molecule has 36 heavy (non-hydrogen) atoms. The monoisotopic (exact) mass is 481 g/mol. The van der Waals surface area contributed by atoms with Crippen LogP contribution >= 0.6 is 0 Å². The predicted octanol–water partition coefficient (Wildman–Crippen LogP) is 4.54. The third kappa shape index (κ3) is 3.66. The van der Waals surface area contributed by atoms with Crippen molar-refractivity contribution >= 4 is 23.3 Å². The number of nitrogens with one attached hydrogen (secondary N) is 2. The SMILES string of the molecule is CN(C)C1(c2ccccc2)CCC2(CC1)CN(c1ccc(-c3cccc4c3CC(=O)N4)nc1)C(=O)N2. The summed E-state index contributed by atoms with van der Waals surface area (Å²) in [5.74, 6) is 0.00568. The smallest absolute Gasteiger partial charge is 0.322 e. The molecule has 3 aliphatic rings. The van der Waals surface area contributed by atoms with Crippen LogP contribution in [0.1, 0.15) is 36.8 Å². The molecule has 3 amide bonds. The molecule has 0 bridgehead atoms. The zero-order chi connectivity index (χ0) is 24.9. The Morgan fingerprint density at radius 3 is 2.39 bits per heavy atom. The molecule has 2 N–H and O–H groups in total. The number of rotatable bonds is 4. The summed E-state index contributed by atoms with van der Waals surface area (Å²) in [5, 5.41) is 6.22. The van der Waals surface area contributed by atoms with Crippen LogP contribution in [0.3, 0.4) is 0 Å². The molecule has 6 rings (SSSR count). The van der Waals surface area contributed by atoms with Crippen LogP contribution in [0, 0.1) is 0 Å². The van der Waals surface area contributed by atoms with Gasteiger partial charge >= 0.3 is 6.03 Å². The molecule has 3 aromatic rings. The third-order valence-corrected chi connectivity index (χ3v) is 8.40. The Kier molecular flexibility index (Phi) is 5.34. The van der Waals surface area contributed by atoms with Gasteiger partial charge in [0.05, 0.1) is 36.1 Å². The van der Waals surface area contributed by atoms with Gasteiger partial charge < -0.3 is 10.6 Å². The Morgan fingerprint density at radius 2 is 1.69 bits per heavy atom. The lowest BCUT2D eigenvalue weighted by atomic mass is 9.69. The first-order valence-corrected chi connectivity index (χ1v) is 12.6. The van der Waals surface area contributed by atoms with Gasteiger partial charge in [0.1, 0.15) is 0 Å². The number of benzene rings is 2. The van der Waals surface area contributed by atoms with Crippen LogP contribution in [-0.4, -0.2) is 48.0 Å². The first-order chi connectivity index (χ1) is 17.4. The number of nitrogens with zero attached hydrogens (tertiary/aromatic N) is 3. The first kappa shape index (κ1) is 22.7. The third-order valence-electron chi connectivity index (χ3n) is 8.40. The van der Waals surface area contributed by atoms with Crippen molar-refractivity contribution in [2.45, 2.75) is 43.2 Å². The van der Waals surface area contributed by atoms with Crippen molar-refractivity contribution in [2.75, 3.05) is 30.9 Å². The molecule has 1 aliphatic carbocycles. The summed E-state index contributed by atoms with van der Waals surface area (Å²) in [6, 6.07) is 20.4. The maximum Gasteiger partial charge on any atom is 0.322 e. The number of hydrogen-bond donors (Lipinski definition) is 2. The maximum absolute atomic E-state index is 13.1. The molecule has 1 saturated carbocycles. The summed E-state index contributed by atoms with van der Waals surface area (Å²) in [6.07, 6.45) is 5.95. The second-order valence-electron chi connectivity index (χ2n) is 10.5. The van der Waals surface area contributed by atoms with E-state index in [2.05, 4.69) is 64.9 Å². The second kappa shape index (κ2) is 8.45. The zero-order valence-corrected chi connectivity index (χ0v) is 20.8. The molecule has 0 atom stereocenters. The van der Waals surface area contributed by atoms with Crippen LogP contribution in [0.4, 0.5) is 16.2 Å². The van der Waals surface area contributed by atoms with Crippen LogP contribution in [0.2, 0.25) is 0 Å². The lowest BCUT2D eigenvalue weighted by molar-refractivity contribution is -0.115. The molecule has 1 aromatic heterocycles. The molecule has 2 aliphatic heterocycles. The van der Waals surface area contributed by atoms with Crippen molar-refractivity contribution in [3.8, 4) is 11.3 Å². The van der Waals surface area contributed by atoms with Gasteiger partial charge in [0, 0.05) is 16.8 Å². The molecule has 0 unspecified atom stereocenters. The fourth-order valence-corrected chi connectivity index (χ4v) is 6.28. The standard InChI is InChI=1S/C29H31N5O2/c1-33(2)29(20-7-4-3-5-8-20)15-13-28(14-16-29)19-34(27(36)32-28)21-11-12-24(30-18-21)22-9-6-10-25-23(22)17-26(35)31-25/h3-12,18H,13-17,19H2,1-2H3,(H,31,35)(H,32,36). The number of carbonyl (C=O) groups excluding carboxylic acids is 2. The van der Waals surface area contributed by atoms with Crippen molar-refractivity contribution in [1.29, 1.82) is 0 Å². The molecule has 7 nitrogen and oxygen atoms in total. The number of amides is 3. The summed E-state index contributed by atoms with van der Waals surface area (Å²) in [6.45, 7) is 0.643. The molecule has 0 radical (unpaired) electrons. The average Bonchev–Trinajstić information content (AvgIpc) is 3.43. The summed E-state index contributed by atoms with van der Waals surface area (Å²) in [4.78, 5) is 33.8. The fourth-order valence-electron chi connectivity index (χ4n) is 6.28. The molecule has 1 saturated heterocycles. The Labute approximate surface area is 211 Å². The quantitative estimate of drug-likeness (QED) is 0.574. The van der Waals surface area contributed by atoms with E-state index in [0.717, 1.165) is 53.9 Å². The lowest BCUT2D eigenvalue weighted by Crippen LogP contribution is -2.54. The number of hydrogen-bond acceptors (Lipinski definition) is 4. The highest BCUT2D eigenvalue weighted by molar-refractivity contribution is 6.01. The molecule has 2 fully saturated rings. The molecular formula is C29H31N5O2. The molecule has 2 aromatic carbocycles. The number of fused-ring (bicyclic) bond motifs is 1. The van der Waals surface area contributed by atoms with Gasteiger partial charge in [-0.25, -0.2) is 4.79 Å². The molecule has 7 heteroatoms. The molecule has 1 spiro atoms. The van der Waals surface area contributed by atoms with Crippen LogP contribution < -0.4 is 15.5 Å². The summed E-state index contributed by atoms with van der Waals surface area (Å²) in [7, 11) is 4.32. The van der Waals surface area contributed by atoms with Gasteiger partial charge in [-0.2, -0.15) is 0 Å². The van der Waals surface area contributed by atoms with E-state index in [4.69, 9.17) is 0 Å². The van der Waals surface area contributed by atoms with E-state index in [-0.39, 0.29) is 23.0 Å². The summed E-state index contributed by atoms with van der Waals surface area (Å²) < 4.78 is 0. The van der Waals surface area contributed by atoms with Gasteiger partial charge in [0.25, 0.3) is 0 Å². The van der Waals surface area contributed by atoms with E-state index < -0.39 is 0 Å². The number of carbonyl (C=O) groups is 2. The lowest BCUT2D eigenvalue weighted by Gasteiger charge is -2.48. The predicted molar refractivity (Wildman–Crippen MR) is 141 cm³/mol. The van der Waals surface area contributed by atoms with Crippen molar-refractivity contribution in [1.82, 2.24) is 15.2 Å². The Morgan fingerprint density at radius 1 is 0.917 bits per heavy atom. The topological polar surface area (TPSA) is 77.6 Å². The highest BCUT2D eigenvalue weighted by Gasteiger charge is 2.50. The van der Waals surface area contributed by atoms with Crippen LogP contribution in [-0.2, 0) is 16.8 Å². The summed E-state index contributed by atoms with van der Waals surface area (Å²) >= 11 is 0. The van der Waals surface area contributed by atoms with Gasteiger partial charge in [-0.1, -0.05) is 42.5 Å². The minimum Gasteiger partial charge on any atom is -0.330 e. The van der Waals surface area contributed by atoms with Crippen molar-refractivity contribution < 1.29 is 9.59 Å². The Hall–Kier alpha value is -3.71. The number of anilines is 2. The van der Waals surface area contributed by atoms with E-state index in [1.807, 2.05) is 35.2 Å². The van der Waals surface area contributed by atoms with E-state index in [1.54, 1.807) is 6.20 Å². The van der Waals surface area contributed by atoms with Crippen LogP contribution in [0.5, 0.6) is 0 Å². The van der Waals surface area contributed by atoms with Crippen LogP contribution in [0.15, 0.2) is 66.9 Å². The Balaban J connectivity index is 1.20. The van der Waals surface area contributed by atoms with Gasteiger partial charge in [-0.3, -0.25) is 19.6 Å². The highest BCUT2D eigenvalue weighted by atomic mass is 16.2. The Bertz CT molecular complexity index is 1310. The number of pyridine rings is 1. The van der Waals surface area contributed by atoms with Crippen molar-refractivity contribution in [3.63, 3.8) is 0 Å². The van der Waals surface area contributed by atoms with E-state index in [1.165, 1.54) is 5.56 Å². The van der Waals surface area contributed by atoms with Gasteiger partial charge in [-0.05, 0) is 69.1 Å². The number of urea groups is 1. The second-order valence-corrected chi connectivity index (χ2v) is 10.5. The fraction of sp³-hybridized carbons (Fsp3) is 0.345. The zero-order valence-electron chi connectivity index (χ0n) is 20.8. The van der Waals surface area contributed by atoms with Gasteiger partial charge in [-0.15, -0.1) is 0 Å². The van der Waals surface area contributed by atoms with Crippen LogP contribution in [0.25, 0.3) is 11.3 Å². The van der Waals surface area contributed by atoms with Gasteiger partial charge in [0.15, 0.2) is 0 Å². The van der Waals surface area contributed by atoms with E-state index in [9.17, 15) is 9.59 Å². The highest BCUT2D eigenvalue weighted by Crippen LogP contribution is 2.46. The minimum absolute atomic E-state index is 0.00568. The van der Waals surface area contributed by atoms with E-state index >= 15 is 0 Å². The molecular weight excluding hydrogens is 450 g/mol. The van der Waals surface area contributed by atoms with Gasteiger partial charge in [0.2, 0.25) is 5.91 Å². The maximum atomic E-state index is 13.1. The minimum atomic E-state index is -0.226. The normalized spacial score (nSPS) is 25.2. The van der Waals surface area contributed by atoms with Crippen molar-refractivity contribution in [2.24, 2.45) is 0 Å². The average molecular weight is 482 g/mol. The largest absolute Gasteiger partial charge is 0.330 e. The molecule has 3 heterocycles. The first-order valence-electron chi connectivity index (χ1n) is 12.6. The van der Waals surface area contributed by atoms with E-state index in [0.29, 0.717) is 13.0 Å². The number of aromatic nitrogens is 1. The van der Waals surface area contributed by atoms with Crippen molar-refractivity contribution in [3.05, 3.63) is 78.0 Å². The molecule has 184 valence electrons.